The first-order valence-electron chi connectivity index (χ1n) is 9.54. The van der Waals surface area contributed by atoms with Crippen LogP contribution in [-0.2, 0) is 6.61 Å². The molecule has 0 unspecified atom stereocenters. The lowest BCUT2D eigenvalue weighted by molar-refractivity contribution is 0.101. The number of rotatable bonds is 4. The van der Waals surface area contributed by atoms with Gasteiger partial charge in [-0.1, -0.05) is 23.7 Å². The minimum absolute atomic E-state index is 0.0441. The van der Waals surface area contributed by atoms with Crippen LogP contribution in [0.2, 0.25) is 5.02 Å². The van der Waals surface area contributed by atoms with Gasteiger partial charge in [-0.15, -0.1) is 0 Å². The van der Waals surface area contributed by atoms with Gasteiger partial charge in [-0.3, -0.25) is 4.79 Å². The normalized spacial score (nSPS) is 15.2. The largest absolute Gasteiger partial charge is 0.489 e. The van der Waals surface area contributed by atoms with Crippen LogP contribution in [0.3, 0.4) is 0 Å². The number of hydrogen-bond acceptors (Lipinski definition) is 5. The summed E-state index contributed by atoms with van der Waals surface area (Å²) in [4.78, 5) is 12.9. The van der Waals surface area contributed by atoms with E-state index in [0.717, 1.165) is 5.56 Å². The molecule has 0 N–H and O–H groups in total. The number of ketones is 1. The van der Waals surface area contributed by atoms with Crippen molar-refractivity contribution in [2.45, 2.75) is 13.5 Å². The van der Waals surface area contributed by atoms with E-state index < -0.39 is 5.82 Å². The molecule has 0 saturated heterocycles. The predicted octanol–water partition coefficient (Wildman–Crippen LogP) is 5.71. The monoisotopic (exact) mass is 438 g/mol. The number of aryl methyl sites for hydroxylation is 1. The molecule has 0 aliphatic carbocycles. The van der Waals surface area contributed by atoms with Gasteiger partial charge < -0.3 is 18.9 Å². The minimum atomic E-state index is -0.439. The van der Waals surface area contributed by atoms with Gasteiger partial charge in [0, 0.05) is 11.6 Å². The molecule has 2 aliphatic heterocycles. The third-order valence-electron chi connectivity index (χ3n) is 5.08. The Morgan fingerprint density at radius 3 is 2.77 bits per heavy atom. The van der Waals surface area contributed by atoms with Gasteiger partial charge in [-0.05, 0) is 54.5 Å². The zero-order chi connectivity index (χ0) is 21.5. The van der Waals surface area contributed by atoms with Crippen LogP contribution < -0.4 is 18.9 Å². The molecule has 5 nitrogen and oxygen atoms in total. The lowest BCUT2D eigenvalue weighted by Gasteiger charge is -2.11. The van der Waals surface area contributed by atoms with Gasteiger partial charge in [0.05, 0.1) is 10.6 Å². The number of Topliss-reactive ketones (excluding diaryl/α,β-unsaturated/α-hetero) is 1. The fourth-order valence-electron chi connectivity index (χ4n) is 3.54. The number of allylic oxidation sites excluding steroid dienone is 1. The average Bonchev–Trinajstić information content (AvgIpc) is 3.32. The highest BCUT2D eigenvalue weighted by molar-refractivity contribution is 6.31. The number of carbonyl (C=O) groups is 1. The summed E-state index contributed by atoms with van der Waals surface area (Å²) in [6.07, 6.45) is 1.66. The molecule has 0 radical (unpaired) electrons. The number of fused-ring (bicyclic) bond motifs is 2. The number of ether oxygens (including phenoxy) is 4. The van der Waals surface area contributed by atoms with Crippen LogP contribution in [0.15, 0.2) is 54.3 Å². The van der Waals surface area contributed by atoms with E-state index in [-0.39, 0.29) is 30.5 Å². The molecule has 0 aromatic heterocycles. The third-order valence-corrected chi connectivity index (χ3v) is 5.44. The van der Waals surface area contributed by atoms with Crippen molar-refractivity contribution in [3.05, 3.63) is 87.4 Å². The van der Waals surface area contributed by atoms with Crippen molar-refractivity contribution in [3.63, 3.8) is 0 Å². The first kappa shape index (κ1) is 19.5. The van der Waals surface area contributed by atoms with Crippen LogP contribution in [0, 0.1) is 12.7 Å². The molecular formula is C24H16ClFO5. The minimum Gasteiger partial charge on any atom is -0.489 e. The van der Waals surface area contributed by atoms with Gasteiger partial charge in [0.1, 0.15) is 23.9 Å². The van der Waals surface area contributed by atoms with E-state index in [1.54, 1.807) is 43.3 Å². The number of carbonyl (C=O) groups excluding carboxylic acids is 1. The number of hydrogen-bond donors (Lipinski definition) is 0. The van der Waals surface area contributed by atoms with Crippen LogP contribution in [0.1, 0.15) is 27.0 Å². The summed E-state index contributed by atoms with van der Waals surface area (Å²) in [6, 6.07) is 13.2. The highest BCUT2D eigenvalue weighted by Crippen LogP contribution is 2.39. The third kappa shape index (κ3) is 3.59. The Morgan fingerprint density at radius 2 is 1.94 bits per heavy atom. The molecule has 0 bridgehead atoms. The molecule has 0 saturated carbocycles. The molecule has 0 amide bonds. The van der Waals surface area contributed by atoms with Gasteiger partial charge in [0.15, 0.2) is 17.3 Å². The summed E-state index contributed by atoms with van der Waals surface area (Å²) in [6.45, 7) is 1.93. The summed E-state index contributed by atoms with van der Waals surface area (Å²) in [5.74, 6) is 1.68. The second kappa shape index (κ2) is 7.63. The maximum atomic E-state index is 14.0. The Labute approximate surface area is 182 Å². The molecule has 31 heavy (non-hydrogen) atoms. The van der Waals surface area contributed by atoms with E-state index in [4.69, 9.17) is 30.5 Å². The molecule has 5 rings (SSSR count). The summed E-state index contributed by atoms with van der Waals surface area (Å²) < 4.78 is 36.2. The fourth-order valence-corrected chi connectivity index (χ4v) is 3.76. The molecule has 3 aromatic rings. The van der Waals surface area contributed by atoms with Crippen molar-refractivity contribution in [2.75, 3.05) is 6.79 Å². The van der Waals surface area contributed by atoms with Crippen molar-refractivity contribution < 1.29 is 28.1 Å². The zero-order valence-corrected chi connectivity index (χ0v) is 17.2. The van der Waals surface area contributed by atoms with E-state index >= 15 is 0 Å². The highest BCUT2D eigenvalue weighted by atomic mass is 35.5. The molecule has 0 spiro atoms. The van der Waals surface area contributed by atoms with Gasteiger partial charge >= 0.3 is 0 Å². The summed E-state index contributed by atoms with van der Waals surface area (Å²) in [7, 11) is 0. The smallest absolute Gasteiger partial charge is 0.232 e. The Bertz CT molecular complexity index is 1230. The van der Waals surface area contributed by atoms with Crippen molar-refractivity contribution in [1.82, 2.24) is 0 Å². The van der Waals surface area contributed by atoms with Crippen LogP contribution in [-0.4, -0.2) is 12.6 Å². The molecule has 0 fully saturated rings. The standard InChI is InChI=1S/C24H16ClFO5/c1-13-7-15(28-11-16-17(25)3-2-4-18(16)26)10-21-23(13)24(27)22(31-21)9-14-5-6-19-20(8-14)30-12-29-19/h2-10H,11-12H2,1H3/b22-9-. The fraction of sp³-hybridized carbons (Fsp3) is 0.125. The van der Waals surface area contributed by atoms with Crippen molar-refractivity contribution in [2.24, 2.45) is 0 Å². The lowest BCUT2D eigenvalue weighted by Crippen LogP contribution is -2.01. The first-order chi connectivity index (χ1) is 15.0. The number of halogens is 2. The van der Waals surface area contributed by atoms with E-state index in [2.05, 4.69) is 0 Å². The molecule has 0 atom stereocenters. The van der Waals surface area contributed by atoms with Gasteiger partial charge in [-0.2, -0.15) is 0 Å². The molecule has 2 heterocycles. The second-order valence-electron chi connectivity index (χ2n) is 7.15. The van der Waals surface area contributed by atoms with E-state index in [1.807, 2.05) is 6.07 Å². The SMILES string of the molecule is Cc1cc(OCc2c(F)cccc2Cl)cc2c1C(=O)/C(=C/c1ccc3c(c1)OCO3)O2. The average molecular weight is 439 g/mol. The summed E-state index contributed by atoms with van der Waals surface area (Å²) >= 11 is 6.06. The Kier molecular flexibility index (Phi) is 4.79. The Morgan fingerprint density at radius 1 is 1.10 bits per heavy atom. The molecule has 3 aromatic carbocycles. The maximum Gasteiger partial charge on any atom is 0.232 e. The quantitative estimate of drug-likeness (QED) is 0.488. The molecule has 156 valence electrons. The van der Waals surface area contributed by atoms with Crippen LogP contribution in [0.4, 0.5) is 4.39 Å². The number of benzene rings is 3. The zero-order valence-electron chi connectivity index (χ0n) is 16.4. The van der Waals surface area contributed by atoms with Crippen LogP contribution >= 0.6 is 11.6 Å². The Hall–Kier alpha value is -3.51. The second-order valence-corrected chi connectivity index (χ2v) is 7.56. The van der Waals surface area contributed by atoms with Crippen molar-refractivity contribution in [3.8, 4) is 23.0 Å². The summed E-state index contributed by atoms with van der Waals surface area (Å²) in [5, 5.41) is 0.290. The molecule has 2 aliphatic rings. The summed E-state index contributed by atoms with van der Waals surface area (Å²) in [5.41, 5.74) is 2.20. The van der Waals surface area contributed by atoms with Crippen LogP contribution in [0.5, 0.6) is 23.0 Å². The maximum absolute atomic E-state index is 14.0. The van der Waals surface area contributed by atoms with Gasteiger partial charge in [-0.25, -0.2) is 4.39 Å². The van der Waals surface area contributed by atoms with Gasteiger partial charge in [0.2, 0.25) is 12.6 Å². The van der Waals surface area contributed by atoms with E-state index in [9.17, 15) is 9.18 Å². The van der Waals surface area contributed by atoms with Crippen molar-refractivity contribution in [1.29, 1.82) is 0 Å². The van der Waals surface area contributed by atoms with E-state index in [0.29, 0.717) is 39.1 Å². The van der Waals surface area contributed by atoms with E-state index in [1.165, 1.54) is 12.1 Å². The predicted molar refractivity (Wildman–Crippen MR) is 112 cm³/mol. The topological polar surface area (TPSA) is 54.0 Å². The highest BCUT2D eigenvalue weighted by Gasteiger charge is 2.30. The lowest BCUT2D eigenvalue weighted by atomic mass is 10.0. The van der Waals surface area contributed by atoms with Gasteiger partial charge in [0.25, 0.3) is 0 Å². The molecule has 7 heteroatoms. The van der Waals surface area contributed by atoms with Crippen molar-refractivity contribution >= 4 is 23.5 Å². The first-order valence-corrected chi connectivity index (χ1v) is 9.91. The molecular weight excluding hydrogens is 423 g/mol. The Balaban J connectivity index is 1.39. The van der Waals surface area contributed by atoms with Crippen LogP contribution in [0.25, 0.3) is 6.08 Å².